The molecule has 1 heterocycles. The van der Waals surface area contributed by atoms with Crippen LogP contribution in [-0.4, -0.2) is 23.4 Å². The Hall–Kier alpha value is -3.00. The van der Waals surface area contributed by atoms with Crippen molar-refractivity contribution in [2.75, 3.05) is 13.2 Å². The van der Waals surface area contributed by atoms with Crippen LogP contribution in [0.2, 0.25) is 5.02 Å². The quantitative estimate of drug-likeness (QED) is 0.325. The van der Waals surface area contributed by atoms with E-state index in [2.05, 4.69) is 4.84 Å². The van der Waals surface area contributed by atoms with Crippen LogP contribution in [0.4, 0.5) is 0 Å². The smallest absolute Gasteiger partial charge is 0.294 e. The van der Waals surface area contributed by atoms with E-state index in [0.717, 1.165) is 0 Å². The first-order valence-electron chi connectivity index (χ1n) is 6.75. The van der Waals surface area contributed by atoms with Gasteiger partial charge in [0.1, 0.15) is 41.3 Å². The number of hydrogen-bond donors (Lipinski definition) is 1. The molecule has 24 heavy (non-hydrogen) atoms. The van der Waals surface area contributed by atoms with Gasteiger partial charge in [0.25, 0.3) is 5.09 Å². The normalized spacial score (nSPS) is 10.9. The van der Waals surface area contributed by atoms with Crippen LogP contribution in [0.3, 0.4) is 0 Å². The molecule has 0 unspecified atom stereocenters. The first-order valence-corrected chi connectivity index (χ1v) is 7.12. The van der Waals surface area contributed by atoms with Gasteiger partial charge in [-0.3, -0.25) is 4.79 Å². The summed E-state index contributed by atoms with van der Waals surface area (Å²) >= 11 is 5.88. The number of phenolic OH excluding ortho intramolecular Hbond substituents is 1. The molecular weight excluding hydrogens is 342 g/mol. The number of fused-ring (bicyclic) bond motifs is 2. The Kier molecular flexibility index (Phi) is 4.13. The van der Waals surface area contributed by atoms with Crippen LogP contribution in [0.15, 0.2) is 39.5 Å². The lowest BCUT2D eigenvalue weighted by Gasteiger charge is -2.08. The Morgan fingerprint density at radius 1 is 1.21 bits per heavy atom. The summed E-state index contributed by atoms with van der Waals surface area (Å²) in [7, 11) is 0. The van der Waals surface area contributed by atoms with E-state index in [4.69, 9.17) is 20.8 Å². The van der Waals surface area contributed by atoms with Gasteiger partial charge in [-0.05, 0) is 18.2 Å². The number of aromatic hydroxyl groups is 1. The molecule has 0 radical (unpaired) electrons. The van der Waals surface area contributed by atoms with E-state index in [9.17, 15) is 20.0 Å². The number of halogens is 1. The summed E-state index contributed by atoms with van der Waals surface area (Å²) in [5, 5.41) is 19.8. The highest BCUT2D eigenvalue weighted by Gasteiger charge is 2.14. The fourth-order valence-corrected chi connectivity index (χ4v) is 2.43. The van der Waals surface area contributed by atoms with Crippen molar-refractivity contribution in [3.05, 3.63) is 55.7 Å². The molecule has 0 saturated heterocycles. The average molecular weight is 352 g/mol. The fraction of sp³-hybridized carbons (Fsp3) is 0.133. The Morgan fingerprint density at radius 2 is 2.00 bits per heavy atom. The van der Waals surface area contributed by atoms with Crippen LogP contribution >= 0.6 is 11.6 Å². The standard InChI is InChI=1S/C15H10ClNO7/c16-8-1-2-12-10(5-8)15(19)14-11(18)6-9(7-13(14)24-12)22-3-4-23-17(20)21/h1-2,5-7,18H,3-4H2. The van der Waals surface area contributed by atoms with Gasteiger partial charge in [-0.2, -0.15) is 0 Å². The van der Waals surface area contributed by atoms with Gasteiger partial charge in [0.05, 0.1) is 5.39 Å². The molecule has 9 heteroatoms. The highest BCUT2D eigenvalue weighted by Crippen LogP contribution is 2.31. The molecular formula is C15H10ClNO7. The van der Waals surface area contributed by atoms with Crippen LogP contribution in [0.1, 0.15) is 0 Å². The summed E-state index contributed by atoms with van der Waals surface area (Å²) in [6, 6.07) is 7.22. The van der Waals surface area contributed by atoms with Gasteiger partial charge in [0, 0.05) is 17.2 Å². The molecule has 3 aromatic rings. The number of nitrogens with zero attached hydrogens (tertiary/aromatic N) is 1. The van der Waals surface area contributed by atoms with Crippen molar-refractivity contribution in [3.63, 3.8) is 0 Å². The topological polar surface area (TPSA) is 112 Å². The second-order valence-electron chi connectivity index (χ2n) is 4.79. The predicted molar refractivity (Wildman–Crippen MR) is 85.1 cm³/mol. The van der Waals surface area contributed by atoms with Crippen molar-refractivity contribution in [2.45, 2.75) is 0 Å². The Morgan fingerprint density at radius 3 is 2.75 bits per heavy atom. The van der Waals surface area contributed by atoms with Crippen LogP contribution in [0.5, 0.6) is 11.5 Å². The molecule has 0 bridgehead atoms. The zero-order chi connectivity index (χ0) is 17.3. The molecule has 0 aliphatic heterocycles. The molecule has 124 valence electrons. The molecule has 0 aliphatic rings. The molecule has 8 nitrogen and oxygen atoms in total. The van der Waals surface area contributed by atoms with E-state index in [-0.39, 0.29) is 41.1 Å². The average Bonchev–Trinajstić information content (AvgIpc) is 2.52. The first kappa shape index (κ1) is 15.9. The van der Waals surface area contributed by atoms with Gasteiger partial charge in [0.15, 0.2) is 0 Å². The van der Waals surface area contributed by atoms with Crippen molar-refractivity contribution in [2.24, 2.45) is 0 Å². The van der Waals surface area contributed by atoms with Crippen molar-refractivity contribution < 1.29 is 24.2 Å². The summed E-state index contributed by atoms with van der Waals surface area (Å²) in [5.41, 5.74) is 0.0136. The second kappa shape index (κ2) is 6.25. The summed E-state index contributed by atoms with van der Waals surface area (Å²) in [6.45, 7) is -0.384. The minimum Gasteiger partial charge on any atom is -0.507 e. The number of phenols is 1. The zero-order valence-corrected chi connectivity index (χ0v) is 12.8. The van der Waals surface area contributed by atoms with Gasteiger partial charge >= 0.3 is 0 Å². The van der Waals surface area contributed by atoms with Crippen LogP contribution in [-0.2, 0) is 4.84 Å². The first-order chi connectivity index (χ1) is 11.5. The highest BCUT2D eigenvalue weighted by molar-refractivity contribution is 6.31. The van der Waals surface area contributed by atoms with Gasteiger partial charge in [0.2, 0.25) is 5.43 Å². The lowest BCUT2D eigenvalue weighted by molar-refractivity contribution is -0.757. The third-order valence-electron chi connectivity index (χ3n) is 3.24. The summed E-state index contributed by atoms with van der Waals surface area (Å²) in [5.74, 6) is -0.142. The second-order valence-corrected chi connectivity index (χ2v) is 5.23. The number of hydrogen-bond acceptors (Lipinski definition) is 7. The maximum Gasteiger partial charge on any atom is 0.294 e. The van der Waals surface area contributed by atoms with Crippen molar-refractivity contribution >= 4 is 33.5 Å². The fourth-order valence-electron chi connectivity index (χ4n) is 2.26. The summed E-state index contributed by atoms with van der Waals surface area (Å²) in [6.07, 6.45) is 0. The Balaban J connectivity index is 2.01. The third-order valence-corrected chi connectivity index (χ3v) is 3.47. The minimum atomic E-state index is -0.933. The van der Waals surface area contributed by atoms with Crippen molar-refractivity contribution in [3.8, 4) is 11.5 Å². The molecule has 0 spiro atoms. The van der Waals surface area contributed by atoms with Crippen LogP contribution < -0.4 is 10.2 Å². The van der Waals surface area contributed by atoms with E-state index >= 15 is 0 Å². The van der Waals surface area contributed by atoms with E-state index in [1.165, 1.54) is 18.2 Å². The number of ether oxygens (including phenoxy) is 1. The van der Waals surface area contributed by atoms with E-state index in [1.54, 1.807) is 12.1 Å². The number of rotatable bonds is 5. The maximum atomic E-state index is 12.5. The van der Waals surface area contributed by atoms with Crippen LogP contribution in [0.25, 0.3) is 21.9 Å². The lowest BCUT2D eigenvalue weighted by atomic mass is 10.1. The highest BCUT2D eigenvalue weighted by atomic mass is 35.5. The molecule has 0 fully saturated rings. The predicted octanol–water partition coefficient (Wildman–Crippen LogP) is 2.89. The monoisotopic (exact) mass is 351 g/mol. The van der Waals surface area contributed by atoms with Crippen molar-refractivity contribution in [1.82, 2.24) is 0 Å². The van der Waals surface area contributed by atoms with Gasteiger partial charge in [-0.25, -0.2) is 0 Å². The summed E-state index contributed by atoms with van der Waals surface area (Å²) in [4.78, 5) is 26.7. The summed E-state index contributed by atoms with van der Waals surface area (Å²) < 4.78 is 10.9. The molecule has 0 amide bonds. The van der Waals surface area contributed by atoms with E-state index < -0.39 is 10.5 Å². The van der Waals surface area contributed by atoms with E-state index in [1.807, 2.05) is 0 Å². The molecule has 3 rings (SSSR count). The van der Waals surface area contributed by atoms with Gasteiger partial charge in [-0.1, -0.05) is 11.6 Å². The Labute approximate surface area is 138 Å². The largest absolute Gasteiger partial charge is 0.507 e. The number of benzene rings is 2. The molecule has 0 aliphatic carbocycles. The zero-order valence-electron chi connectivity index (χ0n) is 12.0. The van der Waals surface area contributed by atoms with Crippen LogP contribution in [0, 0.1) is 10.1 Å². The third kappa shape index (κ3) is 3.04. The minimum absolute atomic E-state index is 0.00124. The molecule has 1 N–H and O–H groups in total. The maximum absolute atomic E-state index is 12.5. The van der Waals surface area contributed by atoms with E-state index in [0.29, 0.717) is 10.6 Å². The molecule has 0 atom stereocenters. The molecule has 2 aromatic carbocycles. The Bertz CT molecular complexity index is 998. The molecule has 0 saturated carbocycles. The lowest BCUT2D eigenvalue weighted by Crippen LogP contribution is -2.10. The SMILES string of the molecule is O=c1c2cc(Cl)ccc2oc2cc(OCCO[N+](=O)[O-])cc(O)c12. The van der Waals surface area contributed by atoms with Gasteiger partial charge < -0.3 is 19.1 Å². The van der Waals surface area contributed by atoms with Gasteiger partial charge in [-0.15, -0.1) is 10.1 Å². The molecule has 1 aromatic heterocycles. The van der Waals surface area contributed by atoms with Crippen molar-refractivity contribution in [1.29, 1.82) is 0 Å².